The van der Waals surface area contributed by atoms with E-state index in [9.17, 15) is 0 Å². The van der Waals surface area contributed by atoms with Crippen molar-refractivity contribution in [3.8, 4) is 0 Å². The molecule has 0 radical (unpaired) electrons. The average molecular weight is 518 g/mol. The standard InChI is InChI=1S/C37H59N/c1-29(38)11-2-15-31(29)16-5-19-33(31)20-7-23-35(33)24-9-27-37(35)28-10-26-36(37)25-8-22-34(36)21-6-18-32(34)17-4-14-30(32)12-3-13-30/h2-28,38H2,1H3. The minimum Gasteiger partial charge on any atom is -0.325 e. The maximum atomic E-state index is 7.53. The summed E-state index contributed by atoms with van der Waals surface area (Å²) in [7, 11) is 0. The topological polar surface area (TPSA) is 26.0 Å². The Kier molecular flexibility index (Phi) is 4.71. The van der Waals surface area contributed by atoms with Gasteiger partial charge in [-0.1, -0.05) is 57.8 Å². The van der Waals surface area contributed by atoms with E-state index in [1.807, 2.05) is 0 Å². The van der Waals surface area contributed by atoms with E-state index < -0.39 is 0 Å². The van der Waals surface area contributed by atoms with Crippen molar-refractivity contribution in [1.29, 1.82) is 0 Å². The maximum Gasteiger partial charge on any atom is 0.0188 e. The first-order valence-corrected chi connectivity index (χ1v) is 18.2. The molecule has 1 heteroatoms. The first kappa shape index (κ1) is 24.5. The molecule has 0 aliphatic heterocycles. The molecule has 9 rings (SSSR count). The Bertz CT molecular complexity index is 996. The Hall–Kier alpha value is -0.0400. The molecule has 9 aliphatic rings. The van der Waals surface area contributed by atoms with Crippen molar-refractivity contribution in [1.82, 2.24) is 0 Å². The van der Waals surface area contributed by atoms with Gasteiger partial charge in [0, 0.05) is 5.54 Å². The molecule has 9 aliphatic carbocycles. The summed E-state index contributed by atoms with van der Waals surface area (Å²) in [4.78, 5) is 0. The largest absolute Gasteiger partial charge is 0.325 e. The molecule has 8 unspecified atom stereocenters. The highest BCUT2D eigenvalue weighted by Crippen LogP contribution is 2.92. The van der Waals surface area contributed by atoms with Gasteiger partial charge < -0.3 is 5.73 Å². The molecule has 0 bridgehead atoms. The second-order valence-corrected chi connectivity index (χ2v) is 18.0. The van der Waals surface area contributed by atoms with Crippen LogP contribution in [0.3, 0.4) is 0 Å². The zero-order valence-corrected chi connectivity index (χ0v) is 25.2. The minimum atomic E-state index is 0.0831. The van der Waals surface area contributed by atoms with Gasteiger partial charge in [0.1, 0.15) is 0 Å². The van der Waals surface area contributed by atoms with E-state index in [4.69, 9.17) is 5.73 Å². The van der Waals surface area contributed by atoms with E-state index >= 15 is 0 Å². The molecule has 38 heavy (non-hydrogen) atoms. The van der Waals surface area contributed by atoms with Crippen LogP contribution < -0.4 is 5.73 Å². The van der Waals surface area contributed by atoms with Crippen LogP contribution in [0.25, 0.3) is 0 Å². The zero-order valence-electron chi connectivity index (χ0n) is 25.2. The van der Waals surface area contributed by atoms with Gasteiger partial charge in [0.05, 0.1) is 0 Å². The minimum absolute atomic E-state index is 0.0831. The predicted molar refractivity (Wildman–Crippen MR) is 157 cm³/mol. The van der Waals surface area contributed by atoms with Gasteiger partial charge in [-0.05, 0) is 166 Å². The molecule has 212 valence electrons. The molecule has 0 saturated heterocycles. The lowest BCUT2D eigenvalue weighted by Gasteiger charge is -2.70. The Morgan fingerprint density at radius 2 is 0.526 bits per heavy atom. The highest BCUT2D eigenvalue weighted by atomic mass is 14.9. The van der Waals surface area contributed by atoms with Gasteiger partial charge in [0.2, 0.25) is 0 Å². The van der Waals surface area contributed by atoms with Crippen LogP contribution in [-0.2, 0) is 0 Å². The van der Waals surface area contributed by atoms with Crippen molar-refractivity contribution in [3.63, 3.8) is 0 Å². The first-order chi connectivity index (χ1) is 18.4. The monoisotopic (exact) mass is 517 g/mol. The Morgan fingerprint density at radius 3 is 0.868 bits per heavy atom. The van der Waals surface area contributed by atoms with Crippen LogP contribution in [0.15, 0.2) is 0 Å². The molecule has 1 nitrogen and oxygen atoms in total. The van der Waals surface area contributed by atoms with Gasteiger partial charge in [-0.15, -0.1) is 0 Å². The van der Waals surface area contributed by atoms with Gasteiger partial charge in [0.15, 0.2) is 0 Å². The Balaban J connectivity index is 1.26. The fraction of sp³-hybridized carbons (Fsp3) is 1.00. The molecule has 9 fully saturated rings. The SMILES string of the molecule is CC1(N)CCCC12CCCC21CCCC12CCCC21CCCC12CCCC21CCCC12CCCC21CCC1. The molecule has 8 atom stereocenters. The lowest BCUT2D eigenvalue weighted by molar-refractivity contribution is -0.227. The van der Waals surface area contributed by atoms with Crippen LogP contribution in [0.4, 0.5) is 0 Å². The summed E-state index contributed by atoms with van der Waals surface area (Å²) < 4.78 is 0. The summed E-state index contributed by atoms with van der Waals surface area (Å²) >= 11 is 0. The summed E-state index contributed by atoms with van der Waals surface area (Å²) in [5.41, 5.74) is 12.8. The number of nitrogens with two attached hydrogens (primary N) is 1. The fourth-order valence-electron chi connectivity index (χ4n) is 18.5. The Morgan fingerprint density at radius 1 is 0.289 bits per heavy atom. The van der Waals surface area contributed by atoms with Crippen molar-refractivity contribution >= 4 is 0 Å². The fourth-order valence-corrected chi connectivity index (χ4v) is 18.5. The molecule has 0 amide bonds. The third kappa shape index (κ3) is 2.12. The molecular weight excluding hydrogens is 458 g/mol. The lowest BCUT2D eigenvalue weighted by atomic mass is 9.33. The van der Waals surface area contributed by atoms with Gasteiger partial charge in [-0.3, -0.25) is 0 Å². The average Bonchev–Trinajstić information content (AvgIpc) is 3.70. The molecule has 8 spiro atoms. The van der Waals surface area contributed by atoms with E-state index in [-0.39, 0.29) is 5.54 Å². The summed E-state index contributed by atoms with van der Waals surface area (Å²) in [5, 5.41) is 0. The van der Waals surface area contributed by atoms with Crippen molar-refractivity contribution < 1.29 is 0 Å². The smallest absolute Gasteiger partial charge is 0.0188 e. The Labute approximate surface area is 234 Å². The van der Waals surface area contributed by atoms with E-state index in [2.05, 4.69) is 6.92 Å². The highest BCUT2D eigenvalue weighted by Gasteiger charge is 2.85. The first-order valence-electron chi connectivity index (χ1n) is 18.2. The molecule has 9 saturated carbocycles. The van der Waals surface area contributed by atoms with Gasteiger partial charge in [-0.25, -0.2) is 0 Å². The van der Waals surface area contributed by atoms with Crippen LogP contribution in [0, 0.1) is 43.3 Å². The zero-order chi connectivity index (χ0) is 25.6. The van der Waals surface area contributed by atoms with Crippen molar-refractivity contribution in [2.45, 2.75) is 186 Å². The molecular formula is C37H59N. The molecule has 2 N–H and O–H groups in total. The molecule has 0 aromatic heterocycles. The van der Waals surface area contributed by atoms with Crippen LogP contribution >= 0.6 is 0 Å². The second-order valence-electron chi connectivity index (χ2n) is 18.0. The van der Waals surface area contributed by atoms with E-state index in [1.54, 1.807) is 135 Å². The second kappa shape index (κ2) is 7.29. The molecule has 0 aromatic rings. The summed E-state index contributed by atoms with van der Waals surface area (Å²) in [6, 6.07) is 0. The summed E-state index contributed by atoms with van der Waals surface area (Å²) in [5.74, 6) is 0. The number of fused-ring (bicyclic) bond motifs is 7. The normalized spacial score (nSPS) is 60.2. The predicted octanol–water partition coefficient (Wildman–Crippen LogP) is 10.3. The molecule has 0 heterocycles. The third-order valence-electron chi connectivity index (χ3n) is 18.7. The van der Waals surface area contributed by atoms with E-state index in [1.165, 1.54) is 38.5 Å². The van der Waals surface area contributed by atoms with Crippen LogP contribution in [0.2, 0.25) is 0 Å². The number of hydrogen-bond donors (Lipinski definition) is 1. The van der Waals surface area contributed by atoms with Gasteiger partial charge in [0.25, 0.3) is 0 Å². The van der Waals surface area contributed by atoms with Crippen LogP contribution in [0.5, 0.6) is 0 Å². The van der Waals surface area contributed by atoms with Crippen molar-refractivity contribution in [2.24, 2.45) is 49.1 Å². The molecule has 0 aromatic carbocycles. The van der Waals surface area contributed by atoms with Crippen molar-refractivity contribution in [2.75, 3.05) is 0 Å². The highest BCUT2D eigenvalue weighted by molar-refractivity contribution is 5.34. The maximum absolute atomic E-state index is 7.53. The van der Waals surface area contributed by atoms with Gasteiger partial charge in [-0.2, -0.15) is 0 Å². The quantitative estimate of drug-likeness (QED) is 0.340. The van der Waals surface area contributed by atoms with E-state index in [0.717, 1.165) is 10.8 Å². The number of rotatable bonds is 0. The van der Waals surface area contributed by atoms with Gasteiger partial charge >= 0.3 is 0 Å². The van der Waals surface area contributed by atoms with Crippen molar-refractivity contribution in [3.05, 3.63) is 0 Å². The summed E-state index contributed by atoms with van der Waals surface area (Å²) in [6.07, 6.45) is 42.4. The number of hydrogen-bond acceptors (Lipinski definition) is 1. The van der Waals surface area contributed by atoms with Crippen LogP contribution in [-0.4, -0.2) is 5.54 Å². The third-order valence-corrected chi connectivity index (χ3v) is 18.7. The summed E-state index contributed by atoms with van der Waals surface area (Å²) in [6.45, 7) is 2.55. The van der Waals surface area contributed by atoms with E-state index in [0.29, 0.717) is 32.5 Å². The lowest BCUT2D eigenvalue weighted by Crippen LogP contribution is -2.66. The van der Waals surface area contributed by atoms with Crippen LogP contribution in [0.1, 0.15) is 180 Å².